The Labute approximate surface area is 178 Å². The van der Waals surface area contributed by atoms with Gasteiger partial charge in [0.2, 0.25) is 11.7 Å². The molecule has 156 valence electrons. The summed E-state index contributed by atoms with van der Waals surface area (Å²) >= 11 is 6.08. The molecule has 0 radical (unpaired) electrons. The van der Waals surface area contributed by atoms with Crippen LogP contribution < -0.4 is 4.74 Å². The van der Waals surface area contributed by atoms with Gasteiger partial charge in [0.1, 0.15) is 11.6 Å². The van der Waals surface area contributed by atoms with Gasteiger partial charge < -0.3 is 14.2 Å². The summed E-state index contributed by atoms with van der Waals surface area (Å²) < 4.78 is 24.6. The van der Waals surface area contributed by atoms with Gasteiger partial charge in [-0.3, -0.25) is 4.79 Å². The highest BCUT2D eigenvalue weighted by Crippen LogP contribution is 2.28. The molecule has 0 bridgehead atoms. The third kappa shape index (κ3) is 4.31. The third-order valence-electron chi connectivity index (χ3n) is 5.24. The number of aromatic nitrogens is 2. The predicted molar refractivity (Wildman–Crippen MR) is 110 cm³/mol. The lowest BCUT2D eigenvalue weighted by molar-refractivity contribution is 0.0665. The van der Waals surface area contributed by atoms with Crippen LogP contribution in [0.15, 0.2) is 47.0 Å². The van der Waals surface area contributed by atoms with E-state index in [1.165, 1.54) is 13.2 Å². The first-order chi connectivity index (χ1) is 14.5. The molecule has 8 heteroatoms. The van der Waals surface area contributed by atoms with Crippen molar-refractivity contribution in [3.8, 4) is 17.1 Å². The summed E-state index contributed by atoms with van der Waals surface area (Å²) in [5, 5.41) is 4.39. The van der Waals surface area contributed by atoms with Crippen LogP contribution in [0.25, 0.3) is 11.4 Å². The van der Waals surface area contributed by atoms with Crippen molar-refractivity contribution in [3.05, 3.63) is 64.8 Å². The van der Waals surface area contributed by atoms with E-state index in [1.54, 1.807) is 41.3 Å². The Kier molecular flexibility index (Phi) is 5.99. The summed E-state index contributed by atoms with van der Waals surface area (Å²) in [5.74, 6) is 0.828. The maximum atomic E-state index is 13.9. The van der Waals surface area contributed by atoms with Gasteiger partial charge in [-0.05, 0) is 49.1 Å². The highest BCUT2D eigenvalue weighted by atomic mass is 35.5. The van der Waals surface area contributed by atoms with Crippen LogP contribution in [-0.4, -0.2) is 41.1 Å². The molecule has 0 saturated carbocycles. The van der Waals surface area contributed by atoms with Gasteiger partial charge in [0.05, 0.1) is 18.2 Å². The summed E-state index contributed by atoms with van der Waals surface area (Å²) in [4.78, 5) is 19.2. The number of halogens is 2. The number of likely N-dealkylation sites (tertiary alicyclic amines) is 1. The molecule has 1 aromatic heterocycles. The molecule has 0 aliphatic carbocycles. The van der Waals surface area contributed by atoms with Crippen molar-refractivity contribution in [1.29, 1.82) is 0 Å². The van der Waals surface area contributed by atoms with Crippen LogP contribution in [0.2, 0.25) is 5.02 Å². The fourth-order valence-electron chi connectivity index (χ4n) is 3.77. The normalized spacial score (nSPS) is 16.5. The van der Waals surface area contributed by atoms with E-state index in [-0.39, 0.29) is 17.6 Å². The van der Waals surface area contributed by atoms with Crippen LogP contribution >= 0.6 is 11.6 Å². The smallest absolute Gasteiger partial charge is 0.257 e. The molecular formula is C22H21ClFN3O3. The Morgan fingerprint density at radius 2 is 2.17 bits per heavy atom. The first-order valence-electron chi connectivity index (χ1n) is 9.75. The Bertz CT molecular complexity index is 1060. The summed E-state index contributed by atoms with van der Waals surface area (Å²) in [6, 6.07) is 11.3. The van der Waals surface area contributed by atoms with Crippen LogP contribution in [0, 0.1) is 11.7 Å². The summed E-state index contributed by atoms with van der Waals surface area (Å²) in [7, 11) is 1.53. The average molecular weight is 430 g/mol. The van der Waals surface area contributed by atoms with Gasteiger partial charge >= 0.3 is 0 Å². The zero-order valence-electron chi connectivity index (χ0n) is 16.5. The van der Waals surface area contributed by atoms with Crippen molar-refractivity contribution in [2.24, 2.45) is 5.92 Å². The second kappa shape index (κ2) is 8.83. The Balaban J connectivity index is 1.46. The molecule has 1 amide bonds. The standard InChI is InChI=1S/C22H21ClFN3O3/c1-29-19-9-8-15(23)12-17(19)22(28)27-10-4-5-14(13-27)11-20-25-21(26-30-20)16-6-2-3-7-18(16)24/h2-3,6-9,12,14H,4-5,10-11,13H2,1H3. The highest BCUT2D eigenvalue weighted by Gasteiger charge is 2.28. The number of hydrogen-bond acceptors (Lipinski definition) is 5. The van der Waals surface area contributed by atoms with Crippen LogP contribution in [0.4, 0.5) is 4.39 Å². The number of methoxy groups -OCH3 is 1. The van der Waals surface area contributed by atoms with Crippen molar-refractivity contribution in [2.45, 2.75) is 19.3 Å². The topological polar surface area (TPSA) is 68.5 Å². The van der Waals surface area contributed by atoms with Crippen LogP contribution in [0.3, 0.4) is 0 Å². The van der Waals surface area contributed by atoms with E-state index in [9.17, 15) is 9.18 Å². The average Bonchev–Trinajstić information content (AvgIpc) is 3.22. The van der Waals surface area contributed by atoms with Crippen LogP contribution in [0.1, 0.15) is 29.1 Å². The number of amides is 1. The van der Waals surface area contributed by atoms with Gasteiger partial charge in [-0.25, -0.2) is 4.39 Å². The summed E-state index contributed by atoms with van der Waals surface area (Å²) in [6.45, 7) is 1.22. The predicted octanol–water partition coefficient (Wildman–Crippen LogP) is 4.63. The molecule has 1 fully saturated rings. The molecule has 0 spiro atoms. The number of hydrogen-bond donors (Lipinski definition) is 0. The molecule has 6 nitrogen and oxygen atoms in total. The fourth-order valence-corrected chi connectivity index (χ4v) is 3.94. The van der Waals surface area contributed by atoms with Gasteiger partial charge in [-0.1, -0.05) is 28.9 Å². The summed E-state index contributed by atoms with van der Waals surface area (Å²) in [6.07, 6.45) is 2.33. The van der Waals surface area contributed by atoms with E-state index in [0.29, 0.717) is 47.3 Å². The molecule has 0 N–H and O–H groups in total. The van der Waals surface area contributed by atoms with Crippen LogP contribution in [0.5, 0.6) is 5.75 Å². The largest absolute Gasteiger partial charge is 0.496 e. The quantitative estimate of drug-likeness (QED) is 0.591. The minimum atomic E-state index is -0.394. The van der Waals surface area contributed by atoms with Gasteiger partial charge in [0, 0.05) is 24.5 Å². The van der Waals surface area contributed by atoms with E-state index in [4.69, 9.17) is 20.9 Å². The number of piperidine rings is 1. The lowest BCUT2D eigenvalue weighted by atomic mass is 9.94. The molecule has 1 saturated heterocycles. The number of benzene rings is 2. The molecule has 1 unspecified atom stereocenters. The monoisotopic (exact) mass is 429 g/mol. The number of rotatable bonds is 5. The van der Waals surface area contributed by atoms with Crippen molar-refractivity contribution in [3.63, 3.8) is 0 Å². The Morgan fingerprint density at radius 3 is 2.97 bits per heavy atom. The Hall–Kier alpha value is -2.93. The Morgan fingerprint density at radius 1 is 1.33 bits per heavy atom. The molecule has 1 aliphatic rings. The molecular weight excluding hydrogens is 409 g/mol. The lowest BCUT2D eigenvalue weighted by Crippen LogP contribution is -2.40. The third-order valence-corrected chi connectivity index (χ3v) is 5.48. The summed E-state index contributed by atoms with van der Waals surface area (Å²) in [5.41, 5.74) is 0.756. The minimum absolute atomic E-state index is 0.114. The van der Waals surface area contributed by atoms with E-state index < -0.39 is 5.82 Å². The number of nitrogens with zero attached hydrogens (tertiary/aromatic N) is 3. The molecule has 1 atom stereocenters. The molecule has 4 rings (SSSR count). The van der Waals surface area contributed by atoms with Gasteiger partial charge in [0.25, 0.3) is 5.91 Å². The van der Waals surface area contributed by atoms with Crippen molar-refractivity contribution in [2.75, 3.05) is 20.2 Å². The zero-order chi connectivity index (χ0) is 21.1. The number of carbonyl (C=O) groups is 1. The van der Waals surface area contributed by atoms with Crippen molar-refractivity contribution in [1.82, 2.24) is 15.0 Å². The molecule has 2 aromatic carbocycles. The zero-order valence-corrected chi connectivity index (χ0v) is 17.2. The van der Waals surface area contributed by atoms with Crippen molar-refractivity contribution < 1.29 is 18.4 Å². The number of carbonyl (C=O) groups excluding carboxylic acids is 1. The molecule has 30 heavy (non-hydrogen) atoms. The first-order valence-corrected chi connectivity index (χ1v) is 10.1. The first kappa shape index (κ1) is 20.3. The molecule has 1 aliphatic heterocycles. The van der Waals surface area contributed by atoms with E-state index in [1.807, 2.05) is 0 Å². The van der Waals surface area contributed by atoms with Gasteiger partial charge in [-0.15, -0.1) is 0 Å². The fraction of sp³-hybridized carbons (Fsp3) is 0.318. The van der Waals surface area contributed by atoms with Gasteiger partial charge in [-0.2, -0.15) is 4.98 Å². The highest BCUT2D eigenvalue weighted by molar-refractivity contribution is 6.31. The maximum absolute atomic E-state index is 13.9. The second-order valence-electron chi connectivity index (χ2n) is 7.30. The lowest BCUT2D eigenvalue weighted by Gasteiger charge is -2.32. The van der Waals surface area contributed by atoms with Gasteiger partial charge in [0.15, 0.2) is 0 Å². The van der Waals surface area contributed by atoms with E-state index >= 15 is 0 Å². The van der Waals surface area contributed by atoms with Crippen molar-refractivity contribution >= 4 is 17.5 Å². The van der Waals surface area contributed by atoms with E-state index in [0.717, 1.165) is 12.8 Å². The maximum Gasteiger partial charge on any atom is 0.257 e. The second-order valence-corrected chi connectivity index (χ2v) is 7.74. The minimum Gasteiger partial charge on any atom is -0.496 e. The van der Waals surface area contributed by atoms with Crippen LogP contribution in [-0.2, 0) is 6.42 Å². The van der Waals surface area contributed by atoms with E-state index in [2.05, 4.69) is 10.1 Å². The molecule has 2 heterocycles. The number of ether oxygens (including phenoxy) is 1. The SMILES string of the molecule is COc1ccc(Cl)cc1C(=O)N1CCCC(Cc2nc(-c3ccccc3F)no2)C1. The molecule has 3 aromatic rings.